The van der Waals surface area contributed by atoms with E-state index in [-0.39, 0.29) is 83.9 Å². The van der Waals surface area contributed by atoms with E-state index in [4.69, 9.17) is 4.74 Å². The predicted octanol–water partition coefficient (Wildman–Crippen LogP) is -2.36. The van der Waals surface area contributed by atoms with Crippen molar-refractivity contribution in [2.24, 2.45) is 5.10 Å². The number of ether oxygens (including phenoxy) is 1. The maximum absolute atomic E-state index is 13.9. The number of anilines is 1. The maximum atomic E-state index is 13.9. The molecule has 0 aliphatic carbocycles. The number of amides is 6. The molecule has 2 saturated heterocycles. The summed E-state index contributed by atoms with van der Waals surface area (Å²) in [4.78, 5) is 76.5. The number of fused-ring (bicyclic) bond motifs is 1. The number of rotatable bonds is 9. The molecule has 2 atom stereocenters. The van der Waals surface area contributed by atoms with E-state index in [1.54, 1.807) is 30.3 Å². The summed E-state index contributed by atoms with van der Waals surface area (Å²) in [5.74, 6) is -3.79. The first-order valence-electron chi connectivity index (χ1n) is 13.6. The Morgan fingerprint density at radius 1 is 1.11 bits per heavy atom. The normalized spacial score (nSPS) is 19.0. The van der Waals surface area contributed by atoms with Gasteiger partial charge in [0.1, 0.15) is 23.8 Å². The van der Waals surface area contributed by atoms with Crippen molar-refractivity contribution >= 4 is 59.5 Å². The van der Waals surface area contributed by atoms with Gasteiger partial charge in [-0.3, -0.25) is 19.3 Å². The number of imide groups is 1. The molecule has 0 aromatic heterocycles. The molecule has 3 heterocycles. The molecule has 6 amide bonds. The van der Waals surface area contributed by atoms with Crippen LogP contribution in [0.4, 0.5) is 19.7 Å². The van der Waals surface area contributed by atoms with E-state index >= 15 is 0 Å². The number of hydrogen-bond donors (Lipinski definition) is 2. The molecule has 1 unspecified atom stereocenters. The number of nitrogens with zero attached hydrogens (tertiary/aromatic N) is 4. The van der Waals surface area contributed by atoms with Crippen molar-refractivity contribution in [1.82, 2.24) is 20.1 Å². The summed E-state index contributed by atoms with van der Waals surface area (Å²) in [5.41, 5.74) is 0.661. The van der Waals surface area contributed by atoms with E-state index in [1.165, 1.54) is 43.1 Å². The summed E-state index contributed by atoms with van der Waals surface area (Å²) in [7, 11) is 0. The smallest absolute Gasteiger partial charge is 0.543 e. The Balaban J connectivity index is 0.00000480. The van der Waals surface area contributed by atoms with Crippen LogP contribution in [0.2, 0.25) is 0 Å². The van der Waals surface area contributed by atoms with Crippen molar-refractivity contribution < 1.29 is 72.6 Å². The van der Waals surface area contributed by atoms with E-state index < -0.39 is 53.0 Å². The van der Waals surface area contributed by atoms with Gasteiger partial charge in [-0.15, -0.1) is 11.8 Å². The molecule has 2 aromatic rings. The zero-order chi connectivity index (χ0) is 32.2. The van der Waals surface area contributed by atoms with Gasteiger partial charge in [0.25, 0.3) is 5.91 Å². The van der Waals surface area contributed by atoms with Gasteiger partial charge < -0.3 is 25.3 Å². The first kappa shape index (κ1) is 34.6. The van der Waals surface area contributed by atoms with Gasteiger partial charge in [0.2, 0.25) is 5.91 Å². The number of hydrazone groups is 1. The Morgan fingerprint density at radius 2 is 1.83 bits per heavy atom. The standard InChI is InChI=1S/C29H27FN6O8S.Na/c1-16(37)44-14-19-15-45-26-23(25(39)36(26)24(19)27(40)41)33-22(38)12-17-6-3-5-9-21(17)32-28(42)34-10-11-35(29(34)43)31-13-18-7-2-4-8-20(18)30;/h2-9,13,23,26H,10-12,14-15H2,1H3,(H,32,42)(H,33,38)(H,40,41);/q;+1/p-1/b31-13+;/t23?,26-;/m1./s1. The molecule has 234 valence electrons. The van der Waals surface area contributed by atoms with Crippen molar-refractivity contribution in [1.29, 1.82) is 0 Å². The fraction of sp³-hybridized carbons (Fsp3) is 0.276. The van der Waals surface area contributed by atoms with Gasteiger partial charge in [-0.25, -0.2) is 23.9 Å². The molecule has 46 heavy (non-hydrogen) atoms. The van der Waals surface area contributed by atoms with Crippen LogP contribution in [0.15, 0.2) is 64.9 Å². The summed E-state index contributed by atoms with van der Waals surface area (Å²) in [6.07, 6.45) is 0.948. The fourth-order valence-electron chi connectivity index (χ4n) is 4.88. The molecule has 3 aliphatic rings. The third kappa shape index (κ3) is 7.41. The molecule has 0 bridgehead atoms. The zero-order valence-corrected chi connectivity index (χ0v) is 27.5. The summed E-state index contributed by atoms with van der Waals surface area (Å²) in [5, 5.41) is 21.4. The minimum Gasteiger partial charge on any atom is -0.543 e. The Labute approximate surface area is 288 Å². The molecular formula is C29H26FN6NaO8S. The Bertz CT molecular complexity index is 1650. The second kappa shape index (κ2) is 14.9. The number of halogens is 1. The van der Waals surface area contributed by atoms with Crippen LogP contribution in [0.5, 0.6) is 0 Å². The van der Waals surface area contributed by atoms with Gasteiger partial charge in [0.05, 0.1) is 37.4 Å². The third-order valence-corrected chi connectivity index (χ3v) is 8.43. The minimum atomic E-state index is -1.60. The fourth-order valence-corrected chi connectivity index (χ4v) is 6.21. The summed E-state index contributed by atoms with van der Waals surface area (Å²) in [6, 6.07) is 9.83. The van der Waals surface area contributed by atoms with Gasteiger partial charge >= 0.3 is 47.6 Å². The Hall–Kier alpha value is -4.25. The van der Waals surface area contributed by atoms with Crippen molar-refractivity contribution in [3.05, 3.63) is 76.7 Å². The van der Waals surface area contributed by atoms with Gasteiger partial charge in [-0.05, 0) is 17.7 Å². The van der Waals surface area contributed by atoms with Gasteiger partial charge in [-0.1, -0.05) is 36.4 Å². The molecule has 0 radical (unpaired) electrons. The van der Waals surface area contributed by atoms with Crippen LogP contribution in [0.3, 0.4) is 0 Å². The SMILES string of the molecule is CC(=O)OCC1=C(C(=O)[O-])N2C(=O)C(NC(=O)Cc3ccccc3NC(=O)N3CCN(/N=C/c4ccccc4F)C3=O)[C@H]2SC1.[Na+]. The minimum absolute atomic E-state index is 0. The molecular weight excluding hydrogens is 634 g/mol. The number of β-lactam (4-membered cyclic amide) rings is 1. The van der Waals surface area contributed by atoms with Crippen LogP contribution in [-0.4, -0.2) is 93.7 Å². The monoisotopic (exact) mass is 660 g/mol. The molecule has 0 saturated carbocycles. The van der Waals surface area contributed by atoms with E-state index in [9.17, 15) is 38.3 Å². The number of thioether (sulfide) groups is 1. The molecule has 3 aliphatic heterocycles. The van der Waals surface area contributed by atoms with Crippen molar-refractivity contribution in [2.75, 3.05) is 30.8 Å². The quantitative estimate of drug-likeness (QED) is 0.129. The molecule has 5 rings (SSSR count). The first-order valence-corrected chi connectivity index (χ1v) is 14.7. The number of benzene rings is 2. The van der Waals surface area contributed by atoms with Crippen LogP contribution < -0.4 is 45.3 Å². The van der Waals surface area contributed by atoms with Crippen molar-refractivity contribution in [2.45, 2.75) is 24.8 Å². The van der Waals surface area contributed by atoms with Crippen molar-refractivity contribution in [3.63, 3.8) is 0 Å². The van der Waals surface area contributed by atoms with Crippen LogP contribution in [-0.2, 0) is 30.3 Å². The summed E-state index contributed by atoms with van der Waals surface area (Å²) in [6.45, 7) is 0.984. The second-order valence-electron chi connectivity index (χ2n) is 10.1. The number of carboxylic acid groups (broad SMARTS) is 1. The first-order chi connectivity index (χ1) is 21.5. The molecule has 17 heteroatoms. The second-order valence-corrected chi connectivity index (χ2v) is 11.2. The topological polar surface area (TPSA) is 181 Å². The van der Waals surface area contributed by atoms with E-state index in [0.29, 0.717) is 5.56 Å². The van der Waals surface area contributed by atoms with E-state index in [1.807, 2.05) is 0 Å². The average Bonchev–Trinajstić information content (AvgIpc) is 3.38. The third-order valence-electron chi connectivity index (χ3n) is 7.09. The number of urea groups is 2. The molecule has 0 spiro atoms. The number of carbonyl (C=O) groups is 6. The van der Waals surface area contributed by atoms with Crippen molar-refractivity contribution in [3.8, 4) is 0 Å². The predicted molar refractivity (Wildman–Crippen MR) is 156 cm³/mol. The number of para-hydroxylation sites is 1. The Morgan fingerprint density at radius 3 is 2.54 bits per heavy atom. The van der Waals surface area contributed by atoms with Crippen LogP contribution in [0.25, 0.3) is 0 Å². The number of carboxylic acids is 1. The molecule has 2 fully saturated rings. The zero-order valence-electron chi connectivity index (χ0n) is 24.7. The van der Waals surface area contributed by atoms with Crippen LogP contribution in [0.1, 0.15) is 18.1 Å². The largest absolute Gasteiger partial charge is 1.00 e. The summed E-state index contributed by atoms with van der Waals surface area (Å²) >= 11 is 1.21. The molecule has 2 N–H and O–H groups in total. The van der Waals surface area contributed by atoms with E-state index in [0.717, 1.165) is 14.8 Å². The Kier molecular flexibility index (Phi) is 11.2. The maximum Gasteiger partial charge on any atom is 1.00 e. The number of esters is 1. The number of nitrogens with one attached hydrogen (secondary N) is 2. The number of aliphatic carboxylic acids is 1. The number of hydrogen-bond acceptors (Lipinski definition) is 10. The van der Waals surface area contributed by atoms with Gasteiger partial charge in [0, 0.05) is 29.5 Å². The van der Waals surface area contributed by atoms with E-state index in [2.05, 4.69) is 15.7 Å². The number of carbonyl (C=O) groups excluding carboxylic acids is 6. The van der Waals surface area contributed by atoms with Gasteiger partial charge in [-0.2, -0.15) is 5.10 Å². The summed E-state index contributed by atoms with van der Waals surface area (Å²) < 4.78 is 18.8. The van der Waals surface area contributed by atoms with Gasteiger partial charge in [0.15, 0.2) is 0 Å². The van der Waals surface area contributed by atoms with Crippen LogP contribution in [0, 0.1) is 5.82 Å². The molecule has 2 aromatic carbocycles. The molecule has 14 nitrogen and oxygen atoms in total. The average molecular weight is 661 g/mol. The van der Waals surface area contributed by atoms with Crippen LogP contribution >= 0.6 is 11.8 Å².